The molecule has 7 heteroatoms. The van der Waals surface area contributed by atoms with E-state index in [1.54, 1.807) is 32.0 Å². The number of para-hydroxylation sites is 1. The molecule has 0 atom stereocenters. The van der Waals surface area contributed by atoms with Crippen molar-refractivity contribution < 1.29 is 13.2 Å². The number of anilines is 1. The highest BCUT2D eigenvalue weighted by atomic mass is 32.2. The summed E-state index contributed by atoms with van der Waals surface area (Å²) < 4.78 is 33.4. The van der Waals surface area contributed by atoms with Crippen LogP contribution in [0.4, 0.5) is 5.69 Å². The third-order valence-corrected chi connectivity index (χ3v) is 5.13. The van der Waals surface area contributed by atoms with Crippen molar-refractivity contribution in [1.82, 2.24) is 9.97 Å². The maximum atomic E-state index is 12.6. The first kappa shape index (κ1) is 18.8. The third-order valence-electron chi connectivity index (χ3n) is 3.90. The summed E-state index contributed by atoms with van der Waals surface area (Å²) in [5, 5.41) is 0. The maximum Gasteiger partial charge on any atom is 0.322 e. The van der Waals surface area contributed by atoms with Crippen LogP contribution in [0.2, 0.25) is 0 Å². The van der Waals surface area contributed by atoms with Crippen LogP contribution in [0.5, 0.6) is 11.8 Å². The zero-order valence-corrected chi connectivity index (χ0v) is 16.2. The predicted octanol–water partition coefficient (Wildman–Crippen LogP) is 4.14. The summed E-state index contributed by atoms with van der Waals surface area (Å²) >= 11 is 0. The molecule has 27 heavy (non-hydrogen) atoms. The van der Waals surface area contributed by atoms with Crippen LogP contribution in [-0.2, 0) is 15.8 Å². The Morgan fingerprint density at radius 3 is 2.22 bits per heavy atom. The molecule has 1 N–H and O–H groups in total. The number of ether oxygens (including phenoxy) is 1. The summed E-state index contributed by atoms with van der Waals surface area (Å²) in [7, 11) is -3.59. The SMILES string of the molecule is Cc1cccc(CS(=O)(=O)Nc2c(C)nc(Oc3ccccc3)nc2C)c1. The lowest BCUT2D eigenvalue weighted by molar-refractivity contribution is 0.439. The average molecular weight is 383 g/mol. The second-order valence-electron chi connectivity index (χ2n) is 6.32. The van der Waals surface area contributed by atoms with Crippen molar-refractivity contribution in [3.63, 3.8) is 0 Å². The smallest absolute Gasteiger partial charge is 0.322 e. The Bertz CT molecular complexity index is 1030. The molecule has 0 saturated carbocycles. The Hall–Kier alpha value is -2.93. The summed E-state index contributed by atoms with van der Waals surface area (Å²) in [5.41, 5.74) is 3.12. The Morgan fingerprint density at radius 2 is 1.59 bits per heavy atom. The summed E-state index contributed by atoms with van der Waals surface area (Å²) in [6, 6.07) is 16.8. The van der Waals surface area contributed by atoms with Gasteiger partial charge < -0.3 is 4.74 Å². The fraction of sp³-hybridized carbons (Fsp3) is 0.200. The Balaban J connectivity index is 1.80. The molecule has 6 nitrogen and oxygen atoms in total. The van der Waals surface area contributed by atoms with Gasteiger partial charge in [-0.1, -0.05) is 48.0 Å². The number of aryl methyl sites for hydroxylation is 3. The number of aromatic nitrogens is 2. The van der Waals surface area contributed by atoms with Crippen molar-refractivity contribution in [3.05, 3.63) is 77.1 Å². The zero-order chi connectivity index (χ0) is 19.4. The molecular formula is C20H21N3O3S. The quantitative estimate of drug-likeness (QED) is 0.692. The van der Waals surface area contributed by atoms with Crippen molar-refractivity contribution in [2.24, 2.45) is 0 Å². The van der Waals surface area contributed by atoms with Crippen molar-refractivity contribution in [1.29, 1.82) is 0 Å². The predicted molar refractivity (Wildman–Crippen MR) is 105 cm³/mol. The zero-order valence-electron chi connectivity index (χ0n) is 15.4. The van der Waals surface area contributed by atoms with Crippen LogP contribution >= 0.6 is 0 Å². The van der Waals surface area contributed by atoms with E-state index in [1.165, 1.54) is 0 Å². The standard InChI is InChI=1S/C20H21N3O3S/c1-14-8-7-9-17(12-14)13-27(24,25)23-19-15(2)21-20(22-16(19)3)26-18-10-5-4-6-11-18/h4-12,23H,13H2,1-3H3. The first-order valence-electron chi connectivity index (χ1n) is 8.46. The molecule has 1 aromatic heterocycles. The molecule has 140 valence electrons. The number of nitrogens with one attached hydrogen (secondary N) is 1. The van der Waals surface area contributed by atoms with Gasteiger partial charge in [0.2, 0.25) is 10.0 Å². The molecule has 0 amide bonds. The van der Waals surface area contributed by atoms with E-state index < -0.39 is 10.0 Å². The largest absolute Gasteiger partial charge is 0.424 e. The van der Waals surface area contributed by atoms with E-state index in [0.29, 0.717) is 22.8 Å². The molecule has 0 saturated heterocycles. The molecule has 0 unspecified atom stereocenters. The average Bonchev–Trinajstić information content (AvgIpc) is 2.59. The van der Waals surface area contributed by atoms with Gasteiger partial charge in [-0.2, -0.15) is 9.97 Å². The normalized spacial score (nSPS) is 11.2. The molecule has 0 aliphatic carbocycles. The second-order valence-corrected chi connectivity index (χ2v) is 8.04. The molecule has 3 rings (SSSR count). The first-order chi connectivity index (χ1) is 12.8. The van der Waals surface area contributed by atoms with Crippen molar-refractivity contribution >= 4 is 15.7 Å². The van der Waals surface area contributed by atoms with Gasteiger partial charge in [-0.15, -0.1) is 0 Å². The minimum atomic E-state index is -3.59. The van der Waals surface area contributed by atoms with Gasteiger partial charge in [-0.3, -0.25) is 4.72 Å². The number of sulfonamides is 1. The number of rotatable bonds is 6. The Labute approximate surface area is 159 Å². The van der Waals surface area contributed by atoms with Crippen LogP contribution in [0.25, 0.3) is 0 Å². The van der Waals surface area contributed by atoms with E-state index in [1.807, 2.05) is 43.3 Å². The first-order valence-corrected chi connectivity index (χ1v) is 10.1. The number of hydrogen-bond acceptors (Lipinski definition) is 5. The molecule has 0 aliphatic heterocycles. The minimum absolute atomic E-state index is 0.115. The highest BCUT2D eigenvalue weighted by Crippen LogP contribution is 2.24. The minimum Gasteiger partial charge on any atom is -0.424 e. The van der Waals surface area contributed by atoms with E-state index in [2.05, 4.69) is 14.7 Å². The van der Waals surface area contributed by atoms with E-state index in [4.69, 9.17) is 4.74 Å². The lowest BCUT2D eigenvalue weighted by Crippen LogP contribution is -2.17. The van der Waals surface area contributed by atoms with Gasteiger partial charge in [0.25, 0.3) is 0 Å². The summed E-state index contributed by atoms with van der Waals surface area (Å²) in [5.74, 6) is 0.500. The van der Waals surface area contributed by atoms with Crippen LogP contribution in [0.1, 0.15) is 22.5 Å². The molecule has 0 fully saturated rings. The molecular weight excluding hydrogens is 362 g/mol. The van der Waals surface area contributed by atoms with E-state index in [-0.39, 0.29) is 11.8 Å². The van der Waals surface area contributed by atoms with Crippen LogP contribution in [0, 0.1) is 20.8 Å². The highest BCUT2D eigenvalue weighted by molar-refractivity contribution is 7.91. The van der Waals surface area contributed by atoms with E-state index in [0.717, 1.165) is 11.1 Å². The van der Waals surface area contributed by atoms with Gasteiger partial charge in [-0.05, 0) is 38.5 Å². The van der Waals surface area contributed by atoms with Gasteiger partial charge in [0.05, 0.1) is 22.8 Å². The van der Waals surface area contributed by atoms with Crippen LogP contribution in [0.15, 0.2) is 54.6 Å². The van der Waals surface area contributed by atoms with Gasteiger partial charge in [0.1, 0.15) is 5.75 Å². The number of nitrogens with zero attached hydrogens (tertiary/aromatic N) is 2. The van der Waals surface area contributed by atoms with Gasteiger partial charge in [-0.25, -0.2) is 8.42 Å². The van der Waals surface area contributed by atoms with E-state index in [9.17, 15) is 8.42 Å². The monoisotopic (exact) mass is 383 g/mol. The van der Waals surface area contributed by atoms with Crippen LogP contribution in [-0.4, -0.2) is 18.4 Å². The lowest BCUT2D eigenvalue weighted by Gasteiger charge is -2.14. The highest BCUT2D eigenvalue weighted by Gasteiger charge is 2.17. The van der Waals surface area contributed by atoms with Gasteiger partial charge in [0.15, 0.2) is 0 Å². The van der Waals surface area contributed by atoms with Crippen molar-refractivity contribution in [3.8, 4) is 11.8 Å². The summed E-state index contributed by atoms with van der Waals surface area (Å²) in [6.45, 7) is 5.37. The topological polar surface area (TPSA) is 81.2 Å². The maximum absolute atomic E-state index is 12.6. The summed E-state index contributed by atoms with van der Waals surface area (Å²) in [6.07, 6.45) is 0. The molecule has 3 aromatic rings. The lowest BCUT2D eigenvalue weighted by atomic mass is 10.2. The van der Waals surface area contributed by atoms with Crippen LogP contribution in [0.3, 0.4) is 0 Å². The molecule has 0 bridgehead atoms. The Kier molecular flexibility index (Phi) is 5.41. The van der Waals surface area contributed by atoms with Gasteiger partial charge >= 0.3 is 6.01 Å². The van der Waals surface area contributed by atoms with Crippen molar-refractivity contribution in [2.45, 2.75) is 26.5 Å². The molecule has 0 radical (unpaired) electrons. The molecule has 0 aliphatic rings. The fourth-order valence-electron chi connectivity index (χ4n) is 2.69. The summed E-state index contributed by atoms with van der Waals surface area (Å²) in [4.78, 5) is 8.55. The number of hydrogen-bond donors (Lipinski definition) is 1. The third kappa shape index (κ3) is 5.04. The molecule has 0 spiro atoms. The van der Waals surface area contributed by atoms with Crippen LogP contribution < -0.4 is 9.46 Å². The van der Waals surface area contributed by atoms with E-state index >= 15 is 0 Å². The number of benzene rings is 2. The van der Waals surface area contributed by atoms with Crippen molar-refractivity contribution in [2.75, 3.05) is 4.72 Å². The second kappa shape index (κ2) is 7.75. The Morgan fingerprint density at radius 1 is 0.926 bits per heavy atom. The van der Waals surface area contributed by atoms with Gasteiger partial charge in [0, 0.05) is 0 Å². The fourth-order valence-corrected chi connectivity index (χ4v) is 3.98. The molecule has 2 aromatic carbocycles. The molecule has 1 heterocycles.